The number of rotatable bonds is 10. The van der Waals surface area contributed by atoms with Crippen molar-refractivity contribution in [3.63, 3.8) is 0 Å². The van der Waals surface area contributed by atoms with Crippen LogP contribution in [-0.2, 0) is 27.8 Å². The number of nitrogens with one attached hydrogen (secondary N) is 3. The van der Waals surface area contributed by atoms with Gasteiger partial charge in [0.1, 0.15) is 0 Å². The number of hydrogen-bond acceptors (Lipinski definition) is 5. The van der Waals surface area contributed by atoms with E-state index in [1.54, 1.807) is 35.6 Å². The Morgan fingerprint density at radius 2 is 1.86 bits per heavy atom. The van der Waals surface area contributed by atoms with Gasteiger partial charge in [0.15, 0.2) is 5.96 Å². The second kappa shape index (κ2) is 13.2. The molecule has 162 valence electrons. The predicted octanol–water partition coefficient (Wildman–Crippen LogP) is 2.85. The van der Waals surface area contributed by atoms with Gasteiger partial charge < -0.3 is 15.4 Å². The van der Waals surface area contributed by atoms with E-state index in [1.165, 1.54) is 16.9 Å². The zero-order valence-corrected chi connectivity index (χ0v) is 20.9. The Balaban J connectivity index is 0.00000420. The van der Waals surface area contributed by atoms with E-state index in [2.05, 4.69) is 39.4 Å². The van der Waals surface area contributed by atoms with Crippen LogP contribution in [0.15, 0.2) is 46.3 Å². The fourth-order valence-corrected chi connectivity index (χ4v) is 4.24. The summed E-state index contributed by atoms with van der Waals surface area (Å²) in [5.41, 5.74) is 0.931. The molecule has 7 nitrogen and oxygen atoms in total. The first-order chi connectivity index (χ1) is 13.4. The van der Waals surface area contributed by atoms with Gasteiger partial charge in [-0.1, -0.05) is 12.1 Å². The maximum atomic E-state index is 12.2. The molecule has 1 aromatic heterocycles. The SMILES string of the molecule is CCNC(=NCc1ccc(S(=O)(=O)NCCOC)cc1)NCc1ccc(C)s1.I. The third-order valence-electron chi connectivity index (χ3n) is 3.82. The van der Waals surface area contributed by atoms with Crippen LogP contribution in [0.4, 0.5) is 0 Å². The monoisotopic (exact) mass is 552 g/mol. The number of hydrogen-bond donors (Lipinski definition) is 3. The molecule has 10 heteroatoms. The van der Waals surface area contributed by atoms with Gasteiger partial charge in [-0.15, -0.1) is 35.3 Å². The molecule has 0 amide bonds. The molecular formula is C19H29IN4O3S2. The molecule has 0 saturated heterocycles. The first kappa shape index (κ1) is 25.8. The Hall–Kier alpha value is -1.21. The number of nitrogens with zero attached hydrogens (tertiary/aromatic N) is 1. The minimum atomic E-state index is -3.52. The van der Waals surface area contributed by atoms with Crippen LogP contribution in [0.3, 0.4) is 0 Å². The average Bonchev–Trinajstić information content (AvgIpc) is 3.10. The number of ether oxygens (including phenoxy) is 1. The molecule has 1 heterocycles. The summed E-state index contributed by atoms with van der Waals surface area (Å²) in [5, 5.41) is 6.54. The van der Waals surface area contributed by atoms with E-state index >= 15 is 0 Å². The molecule has 2 aromatic rings. The number of halogens is 1. The van der Waals surface area contributed by atoms with Crippen molar-refractivity contribution >= 4 is 51.3 Å². The molecule has 2 rings (SSSR count). The zero-order chi connectivity index (χ0) is 20.4. The number of thiophene rings is 1. The highest BCUT2D eigenvalue weighted by molar-refractivity contribution is 14.0. The summed E-state index contributed by atoms with van der Waals surface area (Å²) in [4.78, 5) is 7.34. The Bertz CT molecular complexity index is 868. The van der Waals surface area contributed by atoms with Crippen LogP contribution in [0.5, 0.6) is 0 Å². The molecule has 29 heavy (non-hydrogen) atoms. The molecule has 1 aromatic carbocycles. The number of guanidine groups is 1. The van der Waals surface area contributed by atoms with E-state index in [-0.39, 0.29) is 35.4 Å². The molecule has 3 N–H and O–H groups in total. The molecule has 0 spiro atoms. The minimum absolute atomic E-state index is 0. The van der Waals surface area contributed by atoms with Crippen LogP contribution in [0.1, 0.15) is 22.2 Å². The lowest BCUT2D eigenvalue weighted by molar-refractivity contribution is 0.204. The molecule has 0 radical (unpaired) electrons. The predicted molar refractivity (Wildman–Crippen MR) is 130 cm³/mol. The second-order valence-electron chi connectivity index (χ2n) is 6.10. The Labute approximate surface area is 194 Å². The van der Waals surface area contributed by atoms with Gasteiger partial charge in [-0.05, 0) is 43.7 Å². The smallest absolute Gasteiger partial charge is 0.240 e. The fourth-order valence-electron chi connectivity index (χ4n) is 2.40. The van der Waals surface area contributed by atoms with Gasteiger partial charge in [-0.25, -0.2) is 18.1 Å². The van der Waals surface area contributed by atoms with Gasteiger partial charge in [0.25, 0.3) is 0 Å². The number of benzene rings is 1. The summed E-state index contributed by atoms with van der Waals surface area (Å²) < 4.78 is 31.7. The van der Waals surface area contributed by atoms with Gasteiger partial charge >= 0.3 is 0 Å². The van der Waals surface area contributed by atoms with Crippen molar-refractivity contribution in [2.24, 2.45) is 4.99 Å². The largest absolute Gasteiger partial charge is 0.383 e. The molecule has 0 saturated carbocycles. The molecule has 0 fully saturated rings. The highest BCUT2D eigenvalue weighted by Crippen LogP contribution is 2.14. The molecule has 0 bridgehead atoms. The lowest BCUT2D eigenvalue weighted by atomic mass is 10.2. The molecule has 0 aliphatic rings. The summed E-state index contributed by atoms with van der Waals surface area (Å²) in [6.07, 6.45) is 0. The van der Waals surface area contributed by atoms with E-state index in [4.69, 9.17) is 4.74 Å². The van der Waals surface area contributed by atoms with Crippen molar-refractivity contribution in [3.8, 4) is 0 Å². The minimum Gasteiger partial charge on any atom is -0.383 e. The first-order valence-electron chi connectivity index (χ1n) is 9.09. The van der Waals surface area contributed by atoms with E-state index in [9.17, 15) is 8.42 Å². The summed E-state index contributed by atoms with van der Waals surface area (Å²) in [6.45, 7) is 6.61. The summed E-state index contributed by atoms with van der Waals surface area (Å²) in [6, 6.07) is 11.0. The number of sulfonamides is 1. The summed E-state index contributed by atoms with van der Waals surface area (Å²) in [7, 11) is -1.99. The third-order valence-corrected chi connectivity index (χ3v) is 6.30. The number of methoxy groups -OCH3 is 1. The molecule has 0 atom stereocenters. The second-order valence-corrected chi connectivity index (χ2v) is 9.24. The Kier molecular flexibility index (Phi) is 11.7. The Morgan fingerprint density at radius 3 is 2.45 bits per heavy atom. The van der Waals surface area contributed by atoms with Gasteiger partial charge in [0.05, 0.1) is 24.6 Å². The van der Waals surface area contributed by atoms with Crippen molar-refractivity contribution < 1.29 is 13.2 Å². The lowest BCUT2D eigenvalue weighted by Crippen LogP contribution is -2.36. The maximum Gasteiger partial charge on any atom is 0.240 e. The fraction of sp³-hybridized carbons (Fsp3) is 0.421. The van der Waals surface area contributed by atoms with Gasteiger partial charge in [-0.2, -0.15) is 0 Å². The van der Waals surface area contributed by atoms with Crippen molar-refractivity contribution in [2.45, 2.75) is 31.8 Å². The van der Waals surface area contributed by atoms with E-state index in [0.717, 1.165) is 18.1 Å². The molecular weight excluding hydrogens is 523 g/mol. The standard InChI is InChI=1S/C19H28N4O3S2.HI/c1-4-20-19(22-14-17-8-5-15(2)27-17)21-13-16-6-9-18(10-7-16)28(24,25)23-11-12-26-3;/h5-10,23H,4,11-14H2,1-3H3,(H2,20,21,22);1H. The molecule has 0 aliphatic heterocycles. The van der Waals surface area contributed by atoms with Crippen LogP contribution in [0, 0.1) is 6.92 Å². The topological polar surface area (TPSA) is 91.8 Å². The first-order valence-corrected chi connectivity index (χ1v) is 11.4. The van der Waals surface area contributed by atoms with E-state index in [0.29, 0.717) is 19.7 Å². The van der Waals surface area contributed by atoms with E-state index < -0.39 is 10.0 Å². The highest BCUT2D eigenvalue weighted by atomic mass is 127. The number of aliphatic imine (C=N–C) groups is 1. The quantitative estimate of drug-likeness (QED) is 0.183. The lowest BCUT2D eigenvalue weighted by Gasteiger charge is -2.11. The molecule has 0 unspecified atom stereocenters. The number of aryl methyl sites for hydroxylation is 1. The van der Waals surface area contributed by atoms with Crippen LogP contribution in [0.25, 0.3) is 0 Å². The molecule has 0 aliphatic carbocycles. The van der Waals surface area contributed by atoms with Crippen molar-refractivity contribution in [2.75, 3.05) is 26.8 Å². The normalized spacial score (nSPS) is 11.8. The summed E-state index contributed by atoms with van der Waals surface area (Å²) in [5.74, 6) is 0.728. The van der Waals surface area contributed by atoms with Crippen molar-refractivity contribution in [1.29, 1.82) is 0 Å². The van der Waals surface area contributed by atoms with Gasteiger partial charge in [0.2, 0.25) is 10.0 Å². The van der Waals surface area contributed by atoms with Gasteiger partial charge in [-0.3, -0.25) is 0 Å². The van der Waals surface area contributed by atoms with Crippen molar-refractivity contribution in [1.82, 2.24) is 15.4 Å². The average molecular weight is 553 g/mol. The van der Waals surface area contributed by atoms with Crippen molar-refractivity contribution in [3.05, 3.63) is 51.7 Å². The van der Waals surface area contributed by atoms with E-state index in [1.807, 2.05) is 6.92 Å². The van der Waals surface area contributed by atoms with Crippen LogP contribution < -0.4 is 15.4 Å². The summed E-state index contributed by atoms with van der Waals surface area (Å²) >= 11 is 1.76. The zero-order valence-electron chi connectivity index (χ0n) is 16.9. The van der Waals surface area contributed by atoms with Gasteiger partial charge in [0, 0.05) is 30.0 Å². The Morgan fingerprint density at radius 1 is 1.14 bits per heavy atom. The third kappa shape index (κ3) is 8.99. The highest BCUT2D eigenvalue weighted by Gasteiger charge is 2.12. The van der Waals surface area contributed by atoms with Crippen LogP contribution in [0.2, 0.25) is 0 Å². The maximum absolute atomic E-state index is 12.2. The van der Waals surface area contributed by atoms with Crippen LogP contribution >= 0.6 is 35.3 Å². The van der Waals surface area contributed by atoms with Crippen LogP contribution in [-0.4, -0.2) is 41.2 Å².